The van der Waals surface area contributed by atoms with Crippen molar-refractivity contribution in [3.63, 3.8) is 0 Å². The quantitative estimate of drug-likeness (QED) is 0.445. The van der Waals surface area contributed by atoms with E-state index in [2.05, 4.69) is 10.3 Å². The SMILES string of the molecule is CC(C)S(=O)(=O)c1ccc(C(=O)Nc2sccc2-c2nc3ccccc3s2)cc1. The predicted octanol–water partition coefficient (Wildman–Crippen LogP) is 5.46. The van der Waals surface area contributed by atoms with Crippen LogP contribution in [-0.4, -0.2) is 24.6 Å². The van der Waals surface area contributed by atoms with E-state index in [1.165, 1.54) is 35.6 Å². The van der Waals surface area contributed by atoms with Crippen molar-refractivity contribution in [2.45, 2.75) is 24.0 Å². The van der Waals surface area contributed by atoms with Crippen molar-refractivity contribution in [2.75, 3.05) is 5.32 Å². The Labute approximate surface area is 177 Å². The maximum Gasteiger partial charge on any atom is 0.256 e. The molecule has 0 saturated carbocycles. The molecule has 1 N–H and O–H groups in total. The van der Waals surface area contributed by atoms with E-state index in [1.54, 1.807) is 25.2 Å². The van der Waals surface area contributed by atoms with Gasteiger partial charge >= 0.3 is 0 Å². The van der Waals surface area contributed by atoms with E-state index in [1.807, 2.05) is 35.7 Å². The van der Waals surface area contributed by atoms with Crippen LogP contribution in [0.15, 0.2) is 64.9 Å². The maximum atomic E-state index is 12.7. The highest BCUT2D eigenvalue weighted by atomic mass is 32.2. The molecule has 0 saturated heterocycles. The van der Waals surface area contributed by atoms with Gasteiger partial charge in [0.15, 0.2) is 9.84 Å². The Morgan fingerprint density at radius 3 is 2.45 bits per heavy atom. The first-order valence-corrected chi connectivity index (χ1v) is 12.2. The number of thiophene rings is 1. The third-order valence-corrected chi connectivity index (χ3v) is 8.55. The van der Waals surface area contributed by atoms with Crippen LogP contribution in [0.25, 0.3) is 20.8 Å². The molecule has 4 rings (SSSR count). The number of rotatable bonds is 5. The van der Waals surface area contributed by atoms with Crippen LogP contribution in [0.3, 0.4) is 0 Å². The summed E-state index contributed by atoms with van der Waals surface area (Å²) >= 11 is 3.00. The Morgan fingerprint density at radius 1 is 1.03 bits per heavy atom. The zero-order valence-corrected chi connectivity index (χ0v) is 18.2. The van der Waals surface area contributed by atoms with E-state index < -0.39 is 15.1 Å². The van der Waals surface area contributed by atoms with Crippen molar-refractivity contribution in [3.8, 4) is 10.6 Å². The topological polar surface area (TPSA) is 76.1 Å². The van der Waals surface area contributed by atoms with Crippen LogP contribution in [0.1, 0.15) is 24.2 Å². The molecule has 0 atom stereocenters. The number of benzene rings is 2. The van der Waals surface area contributed by atoms with Gasteiger partial charge < -0.3 is 5.32 Å². The van der Waals surface area contributed by atoms with E-state index in [4.69, 9.17) is 0 Å². The van der Waals surface area contributed by atoms with Crippen LogP contribution in [-0.2, 0) is 9.84 Å². The molecular formula is C21H18N2O3S3. The van der Waals surface area contributed by atoms with Crippen LogP contribution in [0.2, 0.25) is 0 Å². The van der Waals surface area contributed by atoms with Crippen LogP contribution >= 0.6 is 22.7 Å². The largest absolute Gasteiger partial charge is 0.313 e. The highest BCUT2D eigenvalue weighted by Gasteiger charge is 2.20. The van der Waals surface area contributed by atoms with Gasteiger partial charge in [-0.3, -0.25) is 4.79 Å². The van der Waals surface area contributed by atoms with Gasteiger partial charge in [-0.2, -0.15) is 0 Å². The lowest BCUT2D eigenvalue weighted by atomic mass is 10.2. The fraction of sp³-hybridized carbons (Fsp3) is 0.143. The molecule has 5 nitrogen and oxygen atoms in total. The Kier molecular flexibility index (Phi) is 5.24. The van der Waals surface area contributed by atoms with E-state index >= 15 is 0 Å². The van der Waals surface area contributed by atoms with Crippen molar-refractivity contribution in [3.05, 3.63) is 65.5 Å². The summed E-state index contributed by atoms with van der Waals surface area (Å²) in [5.74, 6) is -0.289. The molecule has 0 spiro atoms. The first kappa shape index (κ1) is 19.8. The molecule has 2 heterocycles. The molecule has 0 radical (unpaired) electrons. The summed E-state index contributed by atoms with van der Waals surface area (Å²) in [4.78, 5) is 17.6. The minimum Gasteiger partial charge on any atom is -0.313 e. The van der Waals surface area contributed by atoms with Gasteiger partial charge in [-0.15, -0.1) is 22.7 Å². The molecule has 0 aliphatic rings. The average Bonchev–Trinajstić information content (AvgIpc) is 3.34. The fourth-order valence-corrected chi connectivity index (χ4v) is 5.71. The van der Waals surface area contributed by atoms with Gasteiger partial charge in [0.25, 0.3) is 5.91 Å². The lowest BCUT2D eigenvalue weighted by Gasteiger charge is -2.09. The second kappa shape index (κ2) is 7.70. The lowest BCUT2D eigenvalue weighted by Crippen LogP contribution is -2.15. The van der Waals surface area contributed by atoms with Gasteiger partial charge in [0, 0.05) is 11.1 Å². The van der Waals surface area contributed by atoms with Gasteiger partial charge in [0.2, 0.25) is 0 Å². The molecule has 29 heavy (non-hydrogen) atoms. The number of hydrogen-bond acceptors (Lipinski definition) is 6. The Morgan fingerprint density at radius 2 is 1.76 bits per heavy atom. The number of anilines is 1. The molecule has 148 valence electrons. The number of nitrogens with one attached hydrogen (secondary N) is 1. The van der Waals surface area contributed by atoms with Gasteiger partial charge in [0.1, 0.15) is 10.0 Å². The zero-order chi connectivity index (χ0) is 20.6. The fourth-order valence-electron chi connectivity index (χ4n) is 2.81. The summed E-state index contributed by atoms with van der Waals surface area (Å²) in [5, 5.41) is 5.89. The third-order valence-electron chi connectivity index (χ3n) is 4.48. The third kappa shape index (κ3) is 3.83. The zero-order valence-electron chi connectivity index (χ0n) is 15.7. The van der Waals surface area contributed by atoms with Crippen LogP contribution in [0.5, 0.6) is 0 Å². The minimum absolute atomic E-state index is 0.218. The normalized spacial score (nSPS) is 11.8. The molecule has 0 unspecified atom stereocenters. The molecule has 4 aromatic rings. The van der Waals surface area contributed by atoms with Crippen molar-refractivity contribution in [1.82, 2.24) is 4.98 Å². The number of amides is 1. The second-order valence-corrected chi connectivity index (χ2v) is 11.2. The number of nitrogens with zero attached hydrogens (tertiary/aromatic N) is 1. The van der Waals surface area contributed by atoms with Crippen LogP contribution in [0, 0.1) is 0 Å². The van der Waals surface area contributed by atoms with Crippen molar-refractivity contribution in [2.24, 2.45) is 0 Å². The molecule has 0 aliphatic carbocycles. The number of aromatic nitrogens is 1. The molecule has 2 aromatic heterocycles. The Bertz CT molecular complexity index is 1250. The molecule has 0 aliphatic heterocycles. The predicted molar refractivity (Wildman–Crippen MR) is 120 cm³/mol. The van der Waals surface area contributed by atoms with Gasteiger partial charge in [-0.25, -0.2) is 13.4 Å². The lowest BCUT2D eigenvalue weighted by molar-refractivity contribution is 0.102. The highest BCUT2D eigenvalue weighted by molar-refractivity contribution is 7.92. The number of thiazole rings is 1. The number of fused-ring (bicyclic) bond motifs is 1. The minimum atomic E-state index is -3.36. The molecular weight excluding hydrogens is 424 g/mol. The van der Waals surface area contributed by atoms with Crippen LogP contribution in [0.4, 0.5) is 5.00 Å². The summed E-state index contributed by atoms with van der Waals surface area (Å²) < 4.78 is 25.6. The smallest absolute Gasteiger partial charge is 0.256 e. The monoisotopic (exact) mass is 442 g/mol. The Hall–Kier alpha value is -2.55. The number of hydrogen-bond donors (Lipinski definition) is 1. The van der Waals surface area contributed by atoms with Gasteiger partial charge in [0.05, 0.1) is 20.4 Å². The summed E-state index contributed by atoms with van der Waals surface area (Å²) in [5.41, 5.74) is 2.21. The first-order chi connectivity index (χ1) is 13.9. The molecule has 8 heteroatoms. The van der Waals surface area contributed by atoms with Crippen molar-refractivity contribution >= 4 is 53.6 Å². The summed E-state index contributed by atoms with van der Waals surface area (Å²) in [6.07, 6.45) is 0. The van der Waals surface area contributed by atoms with Crippen molar-refractivity contribution in [1.29, 1.82) is 0 Å². The summed E-state index contributed by atoms with van der Waals surface area (Å²) in [7, 11) is -3.36. The van der Waals surface area contributed by atoms with E-state index in [-0.39, 0.29) is 10.8 Å². The standard InChI is InChI=1S/C21H18N2O3S3/c1-13(2)29(25,26)15-9-7-14(8-10-15)19(24)23-20-16(11-12-27-20)21-22-17-5-3-4-6-18(17)28-21/h3-13H,1-2H3,(H,23,24). The maximum absolute atomic E-state index is 12.7. The number of sulfone groups is 1. The summed E-state index contributed by atoms with van der Waals surface area (Å²) in [6, 6.07) is 15.9. The van der Waals surface area contributed by atoms with Crippen molar-refractivity contribution < 1.29 is 13.2 Å². The molecule has 0 bridgehead atoms. The van der Waals surface area contributed by atoms with E-state index in [0.29, 0.717) is 10.6 Å². The van der Waals surface area contributed by atoms with Gasteiger partial charge in [-0.05, 0) is 61.7 Å². The summed E-state index contributed by atoms with van der Waals surface area (Å²) in [6.45, 7) is 3.27. The number of para-hydroxylation sites is 1. The second-order valence-electron chi connectivity index (χ2n) is 6.72. The van der Waals surface area contributed by atoms with E-state index in [0.717, 1.165) is 20.8 Å². The number of carbonyl (C=O) groups excluding carboxylic acids is 1. The Balaban J connectivity index is 1.58. The number of carbonyl (C=O) groups is 1. The first-order valence-electron chi connectivity index (χ1n) is 8.95. The van der Waals surface area contributed by atoms with Gasteiger partial charge in [-0.1, -0.05) is 12.1 Å². The highest BCUT2D eigenvalue weighted by Crippen LogP contribution is 2.37. The van der Waals surface area contributed by atoms with E-state index in [9.17, 15) is 13.2 Å². The van der Waals surface area contributed by atoms with Crippen LogP contribution < -0.4 is 5.32 Å². The molecule has 0 fully saturated rings. The molecule has 1 amide bonds. The average molecular weight is 443 g/mol. The molecule has 2 aromatic carbocycles.